The average Bonchev–Trinajstić information content (AvgIpc) is 2.74. The van der Waals surface area contributed by atoms with E-state index >= 15 is 0 Å². The van der Waals surface area contributed by atoms with Crippen LogP contribution in [0.15, 0.2) is 16.3 Å². The number of aliphatic carboxylic acids is 1. The van der Waals surface area contributed by atoms with Gasteiger partial charge in [-0.3, -0.25) is 4.79 Å². The molecule has 5 nitrogen and oxygen atoms in total. The standard InChI is InChI=1S/C13H21NO4S2/c1-9(2)14(8-11(15)16)20(17,18)12-7-6-10(19-12)13(3,4)5/h6-7,9H,8H2,1-5H3,(H,15,16). The van der Waals surface area contributed by atoms with Gasteiger partial charge >= 0.3 is 5.97 Å². The van der Waals surface area contributed by atoms with Crippen LogP contribution in [0.4, 0.5) is 0 Å². The Balaban J connectivity index is 3.20. The van der Waals surface area contributed by atoms with Crippen molar-refractivity contribution in [3.63, 3.8) is 0 Å². The van der Waals surface area contributed by atoms with Crippen LogP contribution in [-0.2, 0) is 20.2 Å². The van der Waals surface area contributed by atoms with E-state index < -0.39 is 28.6 Å². The summed E-state index contributed by atoms with van der Waals surface area (Å²) >= 11 is 1.20. The molecule has 1 aromatic rings. The van der Waals surface area contributed by atoms with Gasteiger partial charge in [0.25, 0.3) is 10.0 Å². The highest BCUT2D eigenvalue weighted by atomic mass is 32.2. The molecule has 20 heavy (non-hydrogen) atoms. The zero-order valence-corrected chi connectivity index (χ0v) is 14.0. The Kier molecular flexibility index (Phi) is 4.99. The van der Waals surface area contributed by atoms with Crippen LogP contribution in [0.3, 0.4) is 0 Å². The van der Waals surface area contributed by atoms with Crippen LogP contribution in [0.5, 0.6) is 0 Å². The molecule has 0 spiro atoms. The maximum atomic E-state index is 12.5. The molecule has 1 N–H and O–H groups in total. The van der Waals surface area contributed by atoms with Crippen molar-refractivity contribution >= 4 is 27.3 Å². The fraction of sp³-hybridized carbons (Fsp3) is 0.615. The third-order valence-electron chi connectivity index (χ3n) is 2.75. The van der Waals surface area contributed by atoms with Gasteiger partial charge in [-0.05, 0) is 31.4 Å². The van der Waals surface area contributed by atoms with Crippen LogP contribution in [0.2, 0.25) is 0 Å². The molecule has 0 aliphatic heterocycles. The van der Waals surface area contributed by atoms with Crippen molar-refractivity contribution in [1.29, 1.82) is 0 Å². The molecule has 0 radical (unpaired) electrons. The van der Waals surface area contributed by atoms with E-state index in [1.54, 1.807) is 26.0 Å². The average molecular weight is 319 g/mol. The number of carboxylic acid groups (broad SMARTS) is 1. The number of carboxylic acids is 1. The Hall–Kier alpha value is -0.920. The third-order valence-corrected chi connectivity index (χ3v) is 6.75. The maximum absolute atomic E-state index is 12.5. The van der Waals surface area contributed by atoms with E-state index in [0.717, 1.165) is 9.18 Å². The molecule has 0 fully saturated rings. The first kappa shape index (κ1) is 17.1. The van der Waals surface area contributed by atoms with E-state index in [2.05, 4.69) is 0 Å². The number of sulfonamides is 1. The molecule has 7 heteroatoms. The molecule has 0 aliphatic carbocycles. The van der Waals surface area contributed by atoms with Crippen LogP contribution >= 0.6 is 11.3 Å². The van der Waals surface area contributed by atoms with Crippen molar-refractivity contribution in [2.24, 2.45) is 0 Å². The summed E-state index contributed by atoms with van der Waals surface area (Å²) in [5.41, 5.74) is -0.131. The van der Waals surface area contributed by atoms with Gasteiger partial charge in [-0.15, -0.1) is 11.3 Å². The SMILES string of the molecule is CC(C)N(CC(=O)O)S(=O)(=O)c1ccc(C(C)(C)C)s1. The van der Waals surface area contributed by atoms with Crippen LogP contribution in [0.25, 0.3) is 0 Å². The van der Waals surface area contributed by atoms with Gasteiger partial charge in [0.05, 0.1) is 0 Å². The fourth-order valence-electron chi connectivity index (χ4n) is 1.66. The fourth-order valence-corrected chi connectivity index (χ4v) is 4.74. The predicted octanol–water partition coefficient (Wildman–Crippen LogP) is 2.53. The molecular formula is C13H21NO4S2. The summed E-state index contributed by atoms with van der Waals surface area (Å²) in [6.07, 6.45) is 0. The molecule has 0 saturated heterocycles. The van der Waals surface area contributed by atoms with E-state index in [4.69, 9.17) is 5.11 Å². The second-order valence-electron chi connectivity index (χ2n) is 5.91. The molecule has 0 unspecified atom stereocenters. The first-order valence-electron chi connectivity index (χ1n) is 6.30. The lowest BCUT2D eigenvalue weighted by molar-refractivity contribution is -0.137. The predicted molar refractivity (Wildman–Crippen MR) is 79.7 cm³/mol. The highest BCUT2D eigenvalue weighted by Gasteiger charge is 2.31. The summed E-state index contributed by atoms with van der Waals surface area (Å²) in [6.45, 7) is 8.83. The monoisotopic (exact) mass is 319 g/mol. The van der Waals surface area contributed by atoms with E-state index in [-0.39, 0.29) is 9.62 Å². The Bertz CT molecular complexity index is 582. The van der Waals surface area contributed by atoms with Crippen molar-refractivity contribution < 1.29 is 18.3 Å². The van der Waals surface area contributed by atoms with Crippen molar-refractivity contribution in [2.45, 2.75) is 50.3 Å². The second-order valence-corrected chi connectivity index (χ2v) is 9.11. The van der Waals surface area contributed by atoms with Crippen molar-refractivity contribution in [2.75, 3.05) is 6.54 Å². The van der Waals surface area contributed by atoms with Crippen molar-refractivity contribution in [3.8, 4) is 0 Å². The highest BCUT2D eigenvalue weighted by molar-refractivity contribution is 7.91. The Labute approximate surface area is 124 Å². The summed E-state index contributed by atoms with van der Waals surface area (Å²) in [4.78, 5) is 11.8. The number of hydrogen-bond acceptors (Lipinski definition) is 4. The lowest BCUT2D eigenvalue weighted by Crippen LogP contribution is -2.40. The van der Waals surface area contributed by atoms with Gasteiger partial charge in [0.2, 0.25) is 0 Å². The second kappa shape index (κ2) is 5.83. The van der Waals surface area contributed by atoms with Crippen molar-refractivity contribution in [1.82, 2.24) is 4.31 Å². The maximum Gasteiger partial charge on any atom is 0.318 e. The summed E-state index contributed by atoms with van der Waals surface area (Å²) in [6, 6.07) is 2.94. The molecular weight excluding hydrogens is 298 g/mol. The number of thiophene rings is 1. The molecule has 0 aliphatic rings. The Morgan fingerprint density at radius 2 is 1.90 bits per heavy atom. The summed E-state index contributed by atoms with van der Waals surface area (Å²) in [5, 5.41) is 8.87. The van der Waals surface area contributed by atoms with Crippen LogP contribution in [-0.4, -0.2) is 36.4 Å². The number of carbonyl (C=O) groups is 1. The largest absolute Gasteiger partial charge is 0.480 e. The summed E-state index contributed by atoms with van der Waals surface area (Å²) in [5.74, 6) is -1.16. The van der Waals surface area contributed by atoms with Gasteiger partial charge in [-0.25, -0.2) is 8.42 Å². The van der Waals surface area contributed by atoms with E-state index in [0.29, 0.717) is 0 Å². The topological polar surface area (TPSA) is 74.7 Å². The molecule has 114 valence electrons. The number of nitrogens with zero attached hydrogens (tertiary/aromatic N) is 1. The molecule has 0 bridgehead atoms. The summed E-state index contributed by atoms with van der Waals surface area (Å²) < 4.78 is 26.2. The number of hydrogen-bond donors (Lipinski definition) is 1. The first-order chi connectivity index (χ1) is 8.96. The van der Waals surface area contributed by atoms with Crippen molar-refractivity contribution in [3.05, 3.63) is 17.0 Å². The molecule has 1 rings (SSSR count). The molecule has 1 heterocycles. The molecule has 0 amide bonds. The number of rotatable bonds is 5. The van der Waals surface area contributed by atoms with Crippen LogP contribution < -0.4 is 0 Å². The lowest BCUT2D eigenvalue weighted by Gasteiger charge is -2.23. The Morgan fingerprint density at radius 1 is 1.35 bits per heavy atom. The van der Waals surface area contributed by atoms with Gasteiger partial charge in [0.1, 0.15) is 10.8 Å². The highest BCUT2D eigenvalue weighted by Crippen LogP contribution is 2.33. The normalized spacial score (nSPS) is 13.2. The van der Waals surface area contributed by atoms with Gasteiger partial charge < -0.3 is 5.11 Å². The van der Waals surface area contributed by atoms with Gasteiger partial charge in [0.15, 0.2) is 0 Å². The van der Waals surface area contributed by atoms with E-state index in [9.17, 15) is 13.2 Å². The van der Waals surface area contributed by atoms with Crippen LogP contribution in [0.1, 0.15) is 39.5 Å². The third kappa shape index (κ3) is 3.80. The van der Waals surface area contributed by atoms with E-state index in [1.807, 2.05) is 20.8 Å². The molecule has 0 saturated carbocycles. The zero-order valence-electron chi connectivity index (χ0n) is 12.4. The summed E-state index contributed by atoms with van der Waals surface area (Å²) in [7, 11) is -3.76. The minimum atomic E-state index is -3.76. The van der Waals surface area contributed by atoms with E-state index in [1.165, 1.54) is 11.3 Å². The smallest absolute Gasteiger partial charge is 0.318 e. The molecule has 0 atom stereocenters. The zero-order chi connectivity index (χ0) is 15.7. The quantitative estimate of drug-likeness (QED) is 0.905. The van der Waals surface area contributed by atoms with Gasteiger partial charge in [-0.2, -0.15) is 4.31 Å². The minimum Gasteiger partial charge on any atom is -0.480 e. The molecule has 0 aromatic carbocycles. The van der Waals surface area contributed by atoms with Crippen LogP contribution in [0, 0.1) is 0 Å². The van der Waals surface area contributed by atoms with Gasteiger partial charge in [0, 0.05) is 10.9 Å². The first-order valence-corrected chi connectivity index (χ1v) is 8.56. The van der Waals surface area contributed by atoms with Gasteiger partial charge in [-0.1, -0.05) is 20.8 Å². The Morgan fingerprint density at radius 3 is 2.25 bits per heavy atom. The molecule has 1 aromatic heterocycles. The lowest BCUT2D eigenvalue weighted by atomic mass is 9.95. The minimum absolute atomic E-state index is 0.131.